The van der Waals surface area contributed by atoms with E-state index in [2.05, 4.69) is 0 Å². The maximum absolute atomic E-state index is 13.9. The summed E-state index contributed by atoms with van der Waals surface area (Å²) in [5.74, 6) is -1.51. The van der Waals surface area contributed by atoms with Gasteiger partial charge in [-0.05, 0) is 52.7 Å². The van der Waals surface area contributed by atoms with Crippen molar-refractivity contribution in [2.45, 2.75) is 60.2 Å². The minimum Gasteiger partial charge on any atom is -0.443 e. The topological polar surface area (TPSA) is 93.2 Å². The van der Waals surface area contributed by atoms with E-state index in [1.54, 1.807) is 102 Å². The van der Waals surface area contributed by atoms with Crippen molar-refractivity contribution in [3.05, 3.63) is 82.9 Å². The molecule has 4 rings (SSSR count). The molecule has 0 saturated heterocycles. The van der Waals surface area contributed by atoms with E-state index in [-0.39, 0.29) is 30.0 Å². The number of hydrogen-bond acceptors (Lipinski definition) is 6. The molecule has 0 N–H and O–H groups in total. The molecule has 0 aromatic heterocycles. The van der Waals surface area contributed by atoms with Gasteiger partial charge >= 0.3 is 12.2 Å². The lowest BCUT2D eigenvalue weighted by Gasteiger charge is -2.27. The molecule has 8 heteroatoms. The van der Waals surface area contributed by atoms with Crippen LogP contribution in [-0.4, -0.2) is 45.0 Å². The first-order valence-corrected chi connectivity index (χ1v) is 11.5. The summed E-state index contributed by atoms with van der Waals surface area (Å²) in [6, 6.07) is 17.2. The lowest BCUT2D eigenvalue weighted by Crippen LogP contribution is -2.40. The first-order valence-electron chi connectivity index (χ1n) is 11.5. The SMILES string of the molecule is C.CC(C)(C)OC(=O)N1C(=O)C2=C(c3ccccc3)N(C(=O)OC(C)(C)C)C(=O)C2=C1c1ccccc1. The third-order valence-electron chi connectivity index (χ3n) is 5.25. The lowest BCUT2D eigenvalue weighted by molar-refractivity contribution is -0.123. The zero-order valence-corrected chi connectivity index (χ0v) is 21.1. The van der Waals surface area contributed by atoms with Crippen molar-refractivity contribution in [3.63, 3.8) is 0 Å². The van der Waals surface area contributed by atoms with Gasteiger partial charge in [-0.1, -0.05) is 68.1 Å². The Morgan fingerprint density at radius 1 is 0.595 bits per heavy atom. The summed E-state index contributed by atoms with van der Waals surface area (Å²) in [6.45, 7) is 10.1. The summed E-state index contributed by atoms with van der Waals surface area (Å²) in [4.78, 5) is 56.0. The number of carbonyl (C=O) groups excluding carboxylic acids is 4. The van der Waals surface area contributed by atoms with E-state index < -0.39 is 35.2 Å². The molecule has 0 radical (unpaired) electrons. The normalized spacial score (nSPS) is 15.6. The molecule has 0 saturated carbocycles. The zero-order valence-electron chi connectivity index (χ0n) is 21.1. The van der Waals surface area contributed by atoms with E-state index in [1.165, 1.54) is 0 Å². The van der Waals surface area contributed by atoms with Gasteiger partial charge in [-0.3, -0.25) is 9.59 Å². The fourth-order valence-electron chi connectivity index (χ4n) is 4.01. The Bertz CT molecular complexity index is 1210. The fraction of sp³-hybridized carbons (Fsp3) is 0.310. The minimum atomic E-state index is -0.912. The zero-order chi connectivity index (χ0) is 26.4. The number of carbonyl (C=O) groups is 4. The van der Waals surface area contributed by atoms with Gasteiger partial charge in [0.05, 0.1) is 22.5 Å². The largest absolute Gasteiger partial charge is 0.443 e. The van der Waals surface area contributed by atoms with Crippen LogP contribution in [0.4, 0.5) is 9.59 Å². The molecule has 2 aliphatic heterocycles. The third kappa shape index (κ3) is 5.18. The average molecular weight is 505 g/mol. The molecule has 4 amide bonds. The molecule has 0 bridgehead atoms. The summed E-state index contributed by atoms with van der Waals surface area (Å²) in [5, 5.41) is 0. The van der Waals surface area contributed by atoms with Gasteiger partial charge in [0, 0.05) is 0 Å². The Morgan fingerprint density at radius 3 is 1.16 bits per heavy atom. The number of amides is 4. The van der Waals surface area contributed by atoms with Crippen LogP contribution in [-0.2, 0) is 19.1 Å². The van der Waals surface area contributed by atoms with E-state index in [0.29, 0.717) is 11.1 Å². The maximum atomic E-state index is 13.9. The van der Waals surface area contributed by atoms with Crippen LogP contribution in [0.5, 0.6) is 0 Å². The Balaban J connectivity index is 0.00000380. The predicted octanol–water partition coefficient (Wildman–Crippen LogP) is 6.00. The van der Waals surface area contributed by atoms with Crippen molar-refractivity contribution in [2.75, 3.05) is 0 Å². The third-order valence-corrected chi connectivity index (χ3v) is 5.25. The number of fused-ring (bicyclic) bond motifs is 1. The monoisotopic (exact) mass is 504 g/mol. The molecule has 194 valence electrons. The molecular formula is C29H32N2O6. The Hall–Kier alpha value is -4.20. The van der Waals surface area contributed by atoms with E-state index in [9.17, 15) is 19.2 Å². The number of rotatable bonds is 2. The molecule has 0 unspecified atom stereocenters. The number of nitrogens with zero attached hydrogens (tertiary/aromatic N) is 2. The van der Waals surface area contributed by atoms with Crippen molar-refractivity contribution in [2.24, 2.45) is 0 Å². The second-order valence-electron chi connectivity index (χ2n) is 10.4. The van der Waals surface area contributed by atoms with Gasteiger partial charge in [-0.15, -0.1) is 0 Å². The van der Waals surface area contributed by atoms with Gasteiger partial charge in [0.25, 0.3) is 11.8 Å². The van der Waals surface area contributed by atoms with Crippen molar-refractivity contribution in [3.8, 4) is 0 Å². The molecule has 2 heterocycles. The van der Waals surface area contributed by atoms with Crippen molar-refractivity contribution in [1.29, 1.82) is 0 Å². The molecule has 2 aromatic rings. The van der Waals surface area contributed by atoms with E-state index in [1.807, 2.05) is 0 Å². The number of ether oxygens (including phenoxy) is 2. The highest BCUT2D eigenvalue weighted by atomic mass is 16.6. The van der Waals surface area contributed by atoms with Crippen LogP contribution in [0.2, 0.25) is 0 Å². The molecule has 8 nitrogen and oxygen atoms in total. The minimum absolute atomic E-state index is 0. The molecule has 2 aliphatic rings. The van der Waals surface area contributed by atoms with Crippen molar-refractivity contribution < 1.29 is 28.7 Å². The van der Waals surface area contributed by atoms with Crippen molar-refractivity contribution >= 4 is 35.4 Å². The quantitative estimate of drug-likeness (QED) is 0.498. The van der Waals surface area contributed by atoms with Crippen LogP contribution in [0.1, 0.15) is 60.1 Å². The highest BCUT2D eigenvalue weighted by molar-refractivity contribution is 6.35. The molecule has 0 fully saturated rings. The summed E-state index contributed by atoms with van der Waals surface area (Å²) in [7, 11) is 0. The summed E-state index contributed by atoms with van der Waals surface area (Å²) in [5.41, 5.74) is -0.843. The van der Waals surface area contributed by atoms with Crippen LogP contribution in [0.3, 0.4) is 0 Å². The summed E-state index contributed by atoms with van der Waals surface area (Å²) in [6.07, 6.45) is -1.82. The van der Waals surface area contributed by atoms with Gasteiger partial charge in [0.1, 0.15) is 11.2 Å². The average Bonchev–Trinajstić information content (AvgIpc) is 3.25. The van der Waals surface area contributed by atoms with Gasteiger partial charge in [0.2, 0.25) is 0 Å². The number of benzene rings is 2. The van der Waals surface area contributed by atoms with Crippen LogP contribution < -0.4 is 0 Å². The van der Waals surface area contributed by atoms with Gasteiger partial charge in [-0.25, -0.2) is 19.4 Å². The molecular weight excluding hydrogens is 472 g/mol. The second kappa shape index (κ2) is 9.69. The van der Waals surface area contributed by atoms with E-state index >= 15 is 0 Å². The fourth-order valence-corrected chi connectivity index (χ4v) is 4.01. The first-order chi connectivity index (χ1) is 16.8. The summed E-state index contributed by atoms with van der Waals surface area (Å²) >= 11 is 0. The highest BCUT2D eigenvalue weighted by Crippen LogP contribution is 2.47. The lowest BCUT2D eigenvalue weighted by atomic mass is 10.0. The first kappa shape index (κ1) is 27.4. The van der Waals surface area contributed by atoms with Crippen LogP contribution in [0, 0.1) is 0 Å². The molecule has 2 aromatic carbocycles. The molecule has 37 heavy (non-hydrogen) atoms. The number of imide groups is 2. The van der Waals surface area contributed by atoms with Gasteiger partial charge in [-0.2, -0.15) is 0 Å². The number of hydrogen-bond donors (Lipinski definition) is 0. The Labute approximate surface area is 217 Å². The molecule has 0 atom stereocenters. The van der Waals surface area contributed by atoms with E-state index in [4.69, 9.17) is 9.47 Å². The van der Waals surface area contributed by atoms with Crippen molar-refractivity contribution in [1.82, 2.24) is 9.80 Å². The van der Waals surface area contributed by atoms with Crippen LogP contribution in [0.15, 0.2) is 71.8 Å². The Morgan fingerprint density at radius 2 is 0.892 bits per heavy atom. The smallest absolute Gasteiger partial charge is 0.422 e. The van der Waals surface area contributed by atoms with Crippen LogP contribution >= 0.6 is 0 Å². The molecule has 0 spiro atoms. The predicted molar refractivity (Wildman–Crippen MR) is 140 cm³/mol. The summed E-state index contributed by atoms with van der Waals surface area (Å²) < 4.78 is 11.0. The van der Waals surface area contributed by atoms with Gasteiger partial charge in [0.15, 0.2) is 0 Å². The van der Waals surface area contributed by atoms with E-state index in [0.717, 1.165) is 9.80 Å². The van der Waals surface area contributed by atoms with Crippen LogP contribution in [0.25, 0.3) is 11.4 Å². The van der Waals surface area contributed by atoms with Gasteiger partial charge < -0.3 is 9.47 Å². The highest BCUT2D eigenvalue weighted by Gasteiger charge is 2.54. The molecule has 0 aliphatic carbocycles. The maximum Gasteiger partial charge on any atom is 0.422 e. The standard InChI is InChI=1S/C28H28N2O6.CH4/c1-27(2,3)35-25(33)29-21(17-13-9-7-10-14-17)19-20(23(29)31)22(18-15-11-8-12-16-18)30(24(19)32)26(34)36-28(4,5)6;/h7-16H,1-6H3;1H4. The Kier molecular flexibility index (Phi) is 7.17. The second-order valence-corrected chi connectivity index (χ2v) is 10.4.